The maximum absolute atomic E-state index is 13.4. The minimum absolute atomic E-state index is 0.306. The minimum atomic E-state index is -0.759. The van der Waals surface area contributed by atoms with Crippen LogP contribution in [0.3, 0.4) is 0 Å². The summed E-state index contributed by atoms with van der Waals surface area (Å²) in [7, 11) is 2.12. The summed E-state index contributed by atoms with van der Waals surface area (Å²) < 4.78 is 0.748. The molecule has 0 fully saturated rings. The third-order valence-electron chi connectivity index (χ3n) is 7.31. The fraction of sp³-hybridized carbons (Fsp3) is 0.433. The van der Waals surface area contributed by atoms with Crippen molar-refractivity contribution in [3.05, 3.63) is 71.9 Å². The largest absolute Gasteiger partial charge is 0.343 e. The fourth-order valence-electron chi connectivity index (χ4n) is 4.82. The summed E-state index contributed by atoms with van der Waals surface area (Å²) in [5.74, 6) is 0.0176. The highest BCUT2D eigenvalue weighted by molar-refractivity contribution is 7.79. The number of thiol groups is 1. The number of nitrogens with zero attached hydrogens (tertiary/aromatic N) is 2. The Kier molecular flexibility index (Phi) is 12.4. The first-order chi connectivity index (χ1) is 19.3. The number of anilines is 1. The number of fused-ring (bicyclic) bond motifs is 1. The van der Waals surface area contributed by atoms with Gasteiger partial charge in [-0.05, 0) is 48.9 Å². The van der Waals surface area contributed by atoms with Gasteiger partial charge >= 0.3 is 0 Å². The lowest BCUT2D eigenvalue weighted by molar-refractivity contribution is -0.907. The number of aryl methyl sites for hydroxylation is 1. The summed E-state index contributed by atoms with van der Waals surface area (Å²) in [5.41, 5.74) is 21.5. The van der Waals surface area contributed by atoms with E-state index in [2.05, 4.69) is 35.3 Å². The average Bonchev–Trinajstić information content (AvgIpc) is 2.95. The lowest BCUT2D eigenvalue weighted by atomic mass is 10.0. The second-order valence-electron chi connectivity index (χ2n) is 10.6. The molecular formula is C30H44N7O2S+. The van der Waals surface area contributed by atoms with Crippen molar-refractivity contribution in [2.75, 3.05) is 45.1 Å². The van der Waals surface area contributed by atoms with Crippen molar-refractivity contribution < 1.29 is 14.1 Å². The van der Waals surface area contributed by atoms with E-state index < -0.39 is 12.1 Å². The van der Waals surface area contributed by atoms with Gasteiger partial charge in [-0.25, -0.2) is 0 Å². The maximum atomic E-state index is 13.4. The predicted molar refractivity (Wildman–Crippen MR) is 166 cm³/mol. The molecule has 0 aliphatic heterocycles. The van der Waals surface area contributed by atoms with Gasteiger partial charge in [0.05, 0.1) is 50.1 Å². The number of hydrogen-bond donors (Lipinski definition) is 6. The van der Waals surface area contributed by atoms with Crippen LogP contribution in [0.25, 0.3) is 10.9 Å². The Labute approximate surface area is 242 Å². The Morgan fingerprint density at radius 1 is 0.950 bits per heavy atom. The number of para-hydroxylation sites is 1. The summed E-state index contributed by atoms with van der Waals surface area (Å²) >= 11 is 4.31. The lowest BCUT2D eigenvalue weighted by Gasteiger charge is -2.34. The first kappa shape index (κ1) is 31.5. The van der Waals surface area contributed by atoms with Crippen LogP contribution >= 0.6 is 12.6 Å². The van der Waals surface area contributed by atoms with Crippen LogP contribution in [0.1, 0.15) is 30.4 Å². The molecule has 0 saturated carbocycles. The molecule has 10 heteroatoms. The number of benzene rings is 2. The monoisotopic (exact) mass is 566 g/mol. The predicted octanol–water partition coefficient (Wildman–Crippen LogP) is 2.19. The molecule has 2 amide bonds. The Morgan fingerprint density at radius 3 is 2.30 bits per heavy atom. The quantitative estimate of drug-likeness (QED) is 0.116. The van der Waals surface area contributed by atoms with Gasteiger partial charge < -0.3 is 32.3 Å². The molecule has 1 heterocycles. The normalized spacial score (nSPS) is 13.1. The Hall–Kier alpha value is -3.02. The van der Waals surface area contributed by atoms with Crippen LogP contribution in [-0.4, -0.2) is 73.1 Å². The third kappa shape index (κ3) is 9.57. The Bertz CT molecular complexity index is 1230. The van der Waals surface area contributed by atoms with Crippen LogP contribution in [0, 0.1) is 0 Å². The van der Waals surface area contributed by atoms with Crippen LogP contribution in [0.5, 0.6) is 0 Å². The SMILES string of the molecule is C[N+](CCN)(CCN)CCC[C@H](N)C(=O)N[C@H](CCc1ccc(CS)cc1)C(=O)Nc1cnc2ccccc2c1. The lowest BCUT2D eigenvalue weighted by Crippen LogP contribution is -2.52. The fourth-order valence-corrected chi connectivity index (χ4v) is 5.03. The molecule has 0 spiro atoms. The zero-order valence-electron chi connectivity index (χ0n) is 23.4. The van der Waals surface area contributed by atoms with Crippen LogP contribution < -0.4 is 27.8 Å². The average molecular weight is 567 g/mol. The maximum Gasteiger partial charge on any atom is 0.247 e. The van der Waals surface area contributed by atoms with E-state index in [1.54, 1.807) is 6.20 Å². The molecule has 0 unspecified atom stereocenters. The molecule has 2 aromatic carbocycles. The van der Waals surface area contributed by atoms with E-state index in [0.717, 1.165) is 52.6 Å². The van der Waals surface area contributed by atoms with Crippen molar-refractivity contribution in [1.29, 1.82) is 0 Å². The minimum Gasteiger partial charge on any atom is -0.343 e. The highest BCUT2D eigenvalue weighted by atomic mass is 32.1. The van der Waals surface area contributed by atoms with E-state index in [9.17, 15) is 9.59 Å². The topological polar surface area (TPSA) is 149 Å². The molecule has 2 atom stereocenters. The second kappa shape index (κ2) is 15.7. The van der Waals surface area contributed by atoms with Crippen molar-refractivity contribution in [3.8, 4) is 0 Å². The van der Waals surface area contributed by atoms with E-state index in [1.807, 2.05) is 54.6 Å². The first-order valence-corrected chi connectivity index (χ1v) is 14.5. The summed E-state index contributed by atoms with van der Waals surface area (Å²) in [6.07, 6.45) is 3.92. The standard InChI is InChI=1S/C30H43N7O2S/c1-37(17-14-31,18-15-32)16-4-6-26(33)29(38)36-28(13-12-22-8-10-23(21-40)11-9-22)30(39)35-25-19-24-5-2-3-7-27(24)34-20-25/h2-3,5,7-11,19-20,26,28H,4,6,12-18,21,31-33H2,1H3,(H2-,35,36,38,39,40)/p+1/t26-,28+/m0/s1. The molecule has 8 N–H and O–H groups in total. The van der Waals surface area contributed by atoms with Crippen LogP contribution in [0.2, 0.25) is 0 Å². The number of likely N-dealkylation sites (N-methyl/N-ethyl adjacent to an activating group) is 1. The van der Waals surface area contributed by atoms with Gasteiger partial charge in [-0.2, -0.15) is 12.6 Å². The van der Waals surface area contributed by atoms with Crippen molar-refractivity contribution in [2.24, 2.45) is 17.2 Å². The number of rotatable bonds is 16. The van der Waals surface area contributed by atoms with Crippen molar-refractivity contribution in [1.82, 2.24) is 10.3 Å². The molecular weight excluding hydrogens is 522 g/mol. The first-order valence-electron chi connectivity index (χ1n) is 13.9. The Morgan fingerprint density at radius 2 is 1.62 bits per heavy atom. The summed E-state index contributed by atoms with van der Waals surface area (Å²) in [5, 5.41) is 6.76. The molecule has 0 aliphatic rings. The summed E-state index contributed by atoms with van der Waals surface area (Å²) in [6.45, 7) is 3.61. The van der Waals surface area contributed by atoms with Crippen molar-refractivity contribution in [2.45, 2.75) is 43.5 Å². The number of pyridine rings is 1. The highest BCUT2D eigenvalue weighted by Crippen LogP contribution is 2.17. The number of nitrogens with two attached hydrogens (primary N) is 3. The van der Waals surface area contributed by atoms with E-state index in [4.69, 9.17) is 17.2 Å². The zero-order valence-corrected chi connectivity index (χ0v) is 24.3. The van der Waals surface area contributed by atoms with Gasteiger partial charge in [-0.15, -0.1) is 0 Å². The van der Waals surface area contributed by atoms with E-state index in [0.29, 0.717) is 43.8 Å². The van der Waals surface area contributed by atoms with E-state index >= 15 is 0 Å². The molecule has 0 saturated heterocycles. The molecule has 0 radical (unpaired) electrons. The Balaban J connectivity index is 1.66. The number of nitrogens with one attached hydrogen (secondary N) is 2. The van der Waals surface area contributed by atoms with Gasteiger partial charge in [0, 0.05) is 24.2 Å². The molecule has 3 rings (SSSR count). The summed E-state index contributed by atoms with van der Waals surface area (Å²) in [6, 6.07) is 16.2. The van der Waals surface area contributed by atoms with Gasteiger partial charge in [0.15, 0.2) is 0 Å². The number of carbonyl (C=O) groups is 2. The number of quaternary nitrogens is 1. The second-order valence-corrected chi connectivity index (χ2v) is 10.9. The van der Waals surface area contributed by atoms with Crippen LogP contribution in [-0.2, 0) is 21.8 Å². The van der Waals surface area contributed by atoms with Crippen molar-refractivity contribution >= 4 is 41.0 Å². The summed E-state index contributed by atoms with van der Waals surface area (Å²) in [4.78, 5) is 30.9. The van der Waals surface area contributed by atoms with E-state index in [1.165, 1.54) is 0 Å². The van der Waals surface area contributed by atoms with E-state index in [-0.39, 0.29) is 11.8 Å². The molecule has 9 nitrogen and oxygen atoms in total. The van der Waals surface area contributed by atoms with Gasteiger partial charge in [-0.1, -0.05) is 42.5 Å². The number of hydrogen-bond acceptors (Lipinski definition) is 7. The molecule has 216 valence electrons. The van der Waals surface area contributed by atoms with Gasteiger partial charge in [0.25, 0.3) is 0 Å². The number of carbonyl (C=O) groups excluding carboxylic acids is 2. The molecule has 1 aromatic heterocycles. The van der Waals surface area contributed by atoms with Crippen molar-refractivity contribution in [3.63, 3.8) is 0 Å². The number of amides is 2. The third-order valence-corrected chi connectivity index (χ3v) is 7.67. The molecule has 0 bridgehead atoms. The smallest absolute Gasteiger partial charge is 0.247 e. The molecule has 0 aliphatic carbocycles. The van der Waals surface area contributed by atoms with Gasteiger partial charge in [0.2, 0.25) is 11.8 Å². The van der Waals surface area contributed by atoms with Gasteiger partial charge in [0.1, 0.15) is 6.04 Å². The molecule has 3 aromatic rings. The zero-order chi connectivity index (χ0) is 29.0. The number of aromatic nitrogens is 1. The van der Waals surface area contributed by atoms with Gasteiger partial charge in [-0.3, -0.25) is 14.6 Å². The van der Waals surface area contributed by atoms with Crippen LogP contribution in [0.4, 0.5) is 5.69 Å². The molecule has 40 heavy (non-hydrogen) atoms. The van der Waals surface area contributed by atoms with Crippen LogP contribution in [0.15, 0.2) is 60.8 Å². The highest BCUT2D eigenvalue weighted by Gasteiger charge is 2.25.